The number of hydrogen-bond acceptors (Lipinski definition) is 6. The van der Waals surface area contributed by atoms with E-state index >= 15 is 0 Å². The third kappa shape index (κ3) is 7.65. The summed E-state index contributed by atoms with van der Waals surface area (Å²) in [5.74, 6) is 3.29. The van der Waals surface area contributed by atoms with E-state index < -0.39 is 0 Å². The molecule has 8 nitrogen and oxygen atoms in total. The molecule has 2 aromatic rings. The molecule has 1 aromatic heterocycles. The summed E-state index contributed by atoms with van der Waals surface area (Å²) in [5.41, 5.74) is 11.6. The summed E-state index contributed by atoms with van der Waals surface area (Å²) < 4.78 is 18.1. The Labute approximate surface area is 318 Å². The standard InChI is InChI=1S/C45H64N4O4/c1-9-31-22-32-23-37(41-27(4)11-10-18-53-30(41)7)40(51-8)25-36(32)42-35(31)21-28(5)29(6)46-44(42)38-24-39(48-43(38)26(2)3)45(50)47-33-12-16-49(17-13-33)34-14-19-52-20-15-34/h23-29,31,33-34,48H,9-22H2,1-8H3,(H,47,50). The van der Waals surface area contributed by atoms with Crippen molar-refractivity contribution in [1.82, 2.24) is 15.2 Å². The molecule has 0 saturated carbocycles. The zero-order valence-electron chi connectivity index (χ0n) is 33.7. The Morgan fingerprint density at radius 2 is 1.75 bits per heavy atom. The second kappa shape index (κ2) is 16.2. The number of fused-ring (bicyclic) bond motifs is 2. The third-order valence-corrected chi connectivity index (χ3v) is 13.2. The summed E-state index contributed by atoms with van der Waals surface area (Å²) in [6.45, 7) is 20.4. The van der Waals surface area contributed by atoms with Crippen LogP contribution in [0.15, 0.2) is 34.5 Å². The second-order valence-corrected chi connectivity index (χ2v) is 17.0. The average molecular weight is 725 g/mol. The first kappa shape index (κ1) is 37.9. The number of piperidine rings is 1. The first-order valence-corrected chi connectivity index (χ1v) is 20.8. The number of rotatable bonds is 8. The number of hydrogen-bond donors (Lipinski definition) is 2. The van der Waals surface area contributed by atoms with Gasteiger partial charge in [-0.3, -0.25) is 9.79 Å². The van der Waals surface area contributed by atoms with Crippen molar-refractivity contribution in [3.63, 3.8) is 0 Å². The molecule has 4 unspecified atom stereocenters. The van der Waals surface area contributed by atoms with Gasteiger partial charge in [0.1, 0.15) is 11.4 Å². The molecule has 1 amide bonds. The Morgan fingerprint density at radius 3 is 2.45 bits per heavy atom. The molecule has 2 fully saturated rings. The van der Waals surface area contributed by atoms with Crippen LogP contribution < -0.4 is 10.1 Å². The molecule has 4 aliphatic heterocycles. The van der Waals surface area contributed by atoms with Gasteiger partial charge in [-0.15, -0.1) is 0 Å². The highest BCUT2D eigenvalue weighted by molar-refractivity contribution is 6.34. The van der Waals surface area contributed by atoms with Gasteiger partial charge in [0, 0.05) is 66.4 Å². The summed E-state index contributed by atoms with van der Waals surface area (Å²) in [7, 11) is 1.80. The van der Waals surface area contributed by atoms with E-state index in [0.717, 1.165) is 125 Å². The number of likely N-dealkylation sites (tertiary alicyclic amines) is 1. The summed E-state index contributed by atoms with van der Waals surface area (Å²) in [4.78, 5) is 25.8. The van der Waals surface area contributed by atoms with Gasteiger partial charge < -0.3 is 29.4 Å². The fourth-order valence-corrected chi connectivity index (χ4v) is 9.83. The van der Waals surface area contributed by atoms with E-state index in [1.165, 1.54) is 27.8 Å². The number of ether oxygens (including phenoxy) is 3. The largest absolute Gasteiger partial charge is 0.498 e. The van der Waals surface area contributed by atoms with E-state index in [0.29, 0.717) is 29.5 Å². The minimum atomic E-state index is -0.0160. The highest BCUT2D eigenvalue weighted by atomic mass is 16.5. The number of H-pyrrole nitrogens is 1. The monoisotopic (exact) mass is 724 g/mol. The number of carbonyl (C=O) groups is 1. The van der Waals surface area contributed by atoms with Gasteiger partial charge in [-0.05, 0) is 125 Å². The highest BCUT2D eigenvalue weighted by Crippen LogP contribution is 2.48. The van der Waals surface area contributed by atoms with E-state index in [4.69, 9.17) is 19.2 Å². The molecule has 7 rings (SSSR count). The van der Waals surface area contributed by atoms with Gasteiger partial charge in [-0.25, -0.2) is 0 Å². The number of methoxy groups -OCH3 is 1. The van der Waals surface area contributed by atoms with Crippen molar-refractivity contribution < 1.29 is 19.0 Å². The van der Waals surface area contributed by atoms with Crippen molar-refractivity contribution >= 4 is 22.8 Å². The summed E-state index contributed by atoms with van der Waals surface area (Å²) in [6.07, 6.45) is 9.43. The number of amides is 1. The van der Waals surface area contributed by atoms with E-state index in [-0.39, 0.29) is 23.9 Å². The zero-order valence-corrected chi connectivity index (χ0v) is 33.7. The Bertz CT molecular complexity index is 1750. The van der Waals surface area contributed by atoms with Crippen molar-refractivity contribution in [3.05, 3.63) is 63.2 Å². The van der Waals surface area contributed by atoms with Crippen molar-refractivity contribution in [1.29, 1.82) is 0 Å². The SMILES string of the molecule is CCC1Cc2cc(C3=C(C)OCCCC3C)c(OC)cc2C2=C1CC(C)C(C)N=C2c1cc(C(=O)NC2CCN(C3CCOCC3)CC2)[nH]c1C(C)C. The van der Waals surface area contributed by atoms with Gasteiger partial charge in [0.05, 0.1) is 31.2 Å². The van der Waals surface area contributed by atoms with Crippen LogP contribution in [0.4, 0.5) is 0 Å². The maximum atomic E-state index is 14.0. The molecule has 2 saturated heterocycles. The lowest BCUT2D eigenvalue weighted by Gasteiger charge is -2.39. The molecule has 5 heterocycles. The number of benzene rings is 1. The van der Waals surface area contributed by atoms with Crippen LogP contribution in [0.1, 0.15) is 144 Å². The van der Waals surface area contributed by atoms with Crippen LogP contribution in [0, 0.1) is 17.8 Å². The van der Waals surface area contributed by atoms with E-state index in [2.05, 4.69) is 81.9 Å². The lowest BCUT2D eigenvalue weighted by Crippen LogP contribution is -2.49. The van der Waals surface area contributed by atoms with Crippen LogP contribution in [-0.2, 0) is 15.9 Å². The van der Waals surface area contributed by atoms with E-state index in [1.807, 2.05) is 0 Å². The van der Waals surface area contributed by atoms with Gasteiger partial charge in [0.25, 0.3) is 5.91 Å². The molecule has 0 spiro atoms. The predicted molar refractivity (Wildman–Crippen MR) is 215 cm³/mol. The number of aromatic amines is 1. The van der Waals surface area contributed by atoms with Crippen LogP contribution in [0.25, 0.3) is 11.1 Å². The summed E-state index contributed by atoms with van der Waals surface area (Å²) in [6, 6.07) is 7.74. The van der Waals surface area contributed by atoms with Crippen LogP contribution in [0.3, 0.4) is 0 Å². The molecule has 0 bridgehead atoms. The molecular formula is C45H64N4O4. The Balaban J connectivity index is 1.26. The van der Waals surface area contributed by atoms with Crippen LogP contribution >= 0.6 is 0 Å². The first-order valence-electron chi connectivity index (χ1n) is 20.8. The molecule has 1 aromatic carbocycles. The fraction of sp³-hybridized carbons (Fsp3) is 0.644. The Kier molecular flexibility index (Phi) is 11.6. The number of allylic oxidation sites excluding steroid dienone is 4. The van der Waals surface area contributed by atoms with Crippen LogP contribution in [0.5, 0.6) is 5.75 Å². The zero-order chi connectivity index (χ0) is 37.4. The maximum Gasteiger partial charge on any atom is 0.267 e. The Morgan fingerprint density at radius 1 is 1.00 bits per heavy atom. The molecule has 5 aliphatic rings. The highest BCUT2D eigenvalue weighted by Gasteiger charge is 2.37. The van der Waals surface area contributed by atoms with Gasteiger partial charge in [0.2, 0.25) is 0 Å². The lowest BCUT2D eigenvalue weighted by molar-refractivity contribution is 0.0238. The van der Waals surface area contributed by atoms with Crippen LogP contribution in [0.2, 0.25) is 0 Å². The molecule has 8 heteroatoms. The summed E-state index contributed by atoms with van der Waals surface area (Å²) in [5, 5.41) is 3.42. The van der Waals surface area contributed by atoms with Crippen molar-refractivity contribution in [2.75, 3.05) is 40.0 Å². The normalized spacial score (nSPS) is 26.4. The number of nitrogens with one attached hydrogen (secondary N) is 2. The third-order valence-electron chi connectivity index (χ3n) is 13.2. The molecule has 1 aliphatic carbocycles. The summed E-state index contributed by atoms with van der Waals surface area (Å²) >= 11 is 0. The lowest BCUT2D eigenvalue weighted by atomic mass is 9.72. The molecule has 0 radical (unpaired) electrons. The maximum absolute atomic E-state index is 14.0. The van der Waals surface area contributed by atoms with Crippen molar-refractivity contribution in [2.45, 2.75) is 130 Å². The molecule has 53 heavy (non-hydrogen) atoms. The van der Waals surface area contributed by atoms with Crippen LogP contribution in [-0.4, -0.2) is 79.6 Å². The average Bonchev–Trinajstić information content (AvgIpc) is 3.48. The number of nitrogens with zero attached hydrogens (tertiary/aromatic N) is 2. The number of carbonyl (C=O) groups excluding carboxylic acids is 1. The number of aromatic nitrogens is 1. The second-order valence-electron chi connectivity index (χ2n) is 17.0. The topological polar surface area (TPSA) is 88.2 Å². The van der Waals surface area contributed by atoms with Gasteiger partial charge in [-0.1, -0.05) is 40.2 Å². The van der Waals surface area contributed by atoms with Crippen molar-refractivity contribution in [3.8, 4) is 5.75 Å². The molecule has 2 N–H and O–H groups in total. The fourth-order valence-electron chi connectivity index (χ4n) is 9.83. The first-order chi connectivity index (χ1) is 25.6. The van der Waals surface area contributed by atoms with Gasteiger partial charge >= 0.3 is 0 Å². The predicted octanol–water partition coefficient (Wildman–Crippen LogP) is 8.95. The molecule has 288 valence electrons. The van der Waals surface area contributed by atoms with Gasteiger partial charge in [0.15, 0.2) is 0 Å². The van der Waals surface area contributed by atoms with E-state index in [9.17, 15) is 4.79 Å². The minimum Gasteiger partial charge on any atom is -0.498 e. The smallest absolute Gasteiger partial charge is 0.267 e. The minimum absolute atomic E-state index is 0.0160. The number of aliphatic imine (C=N–C) groups is 1. The Hall–Kier alpha value is -3.36. The molecular weight excluding hydrogens is 661 g/mol. The van der Waals surface area contributed by atoms with Crippen molar-refractivity contribution in [2.24, 2.45) is 22.7 Å². The van der Waals surface area contributed by atoms with E-state index in [1.54, 1.807) is 7.11 Å². The van der Waals surface area contributed by atoms with Gasteiger partial charge in [-0.2, -0.15) is 0 Å². The molecule has 4 atom stereocenters. The quantitative estimate of drug-likeness (QED) is 0.284.